The number of benzene rings is 2. The zero-order valence-corrected chi connectivity index (χ0v) is 13.1. The Morgan fingerprint density at radius 3 is 2.43 bits per heavy atom. The third-order valence-corrected chi connectivity index (χ3v) is 3.60. The number of aliphatic hydroxyl groups excluding tert-OH is 1. The molecule has 2 rings (SSSR count). The molecule has 6 heteroatoms. The maximum atomic E-state index is 11.1. The number of nitro groups is 1. The summed E-state index contributed by atoms with van der Waals surface area (Å²) in [6.07, 6.45) is 0. The van der Waals surface area contributed by atoms with Gasteiger partial charge < -0.3 is 10.4 Å². The Hall–Kier alpha value is -2.44. The van der Waals surface area contributed by atoms with Crippen LogP contribution in [0, 0.1) is 10.1 Å². The van der Waals surface area contributed by atoms with Crippen LogP contribution in [-0.4, -0.2) is 35.1 Å². The van der Waals surface area contributed by atoms with Crippen molar-refractivity contribution in [2.45, 2.75) is 13.1 Å². The van der Waals surface area contributed by atoms with Gasteiger partial charge in [-0.25, -0.2) is 0 Å². The second kappa shape index (κ2) is 8.26. The van der Waals surface area contributed by atoms with Gasteiger partial charge in [-0.3, -0.25) is 15.0 Å². The van der Waals surface area contributed by atoms with Gasteiger partial charge in [0, 0.05) is 32.7 Å². The molecule has 2 aromatic carbocycles. The molecule has 0 atom stereocenters. The van der Waals surface area contributed by atoms with Gasteiger partial charge in [0.25, 0.3) is 5.69 Å². The predicted molar refractivity (Wildman–Crippen MR) is 90.3 cm³/mol. The Balaban J connectivity index is 2.16. The SMILES string of the molecule is CNc1ccc(CN(CCO)Cc2ccccc2)cc1[N+](=O)[O-]. The lowest BCUT2D eigenvalue weighted by Crippen LogP contribution is -2.26. The van der Waals surface area contributed by atoms with Crippen molar-refractivity contribution in [2.24, 2.45) is 0 Å². The van der Waals surface area contributed by atoms with E-state index in [9.17, 15) is 15.2 Å². The molecule has 0 bridgehead atoms. The minimum absolute atomic E-state index is 0.0452. The summed E-state index contributed by atoms with van der Waals surface area (Å²) in [7, 11) is 1.66. The lowest BCUT2D eigenvalue weighted by atomic mass is 10.1. The molecule has 0 aromatic heterocycles. The molecule has 0 amide bonds. The van der Waals surface area contributed by atoms with Crippen LogP contribution in [0.3, 0.4) is 0 Å². The molecule has 0 saturated heterocycles. The highest BCUT2D eigenvalue weighted by molar-refractivity contribution is 5.62. The normalized spacial score (nSPS) is 10.7. The Kier molecular flexibility index (Phi) is 6.08. The van der Waals surface area contributed by atoms with Crippen molar-refractivity contribution in [3.05, 3.63) is 69.8 Å². The van der Waals surface area contributed by atoms with E-state index in [1.807, 2.05) is 36.4 Å². The first-order chi connectivity index (χ1) is 11.1. The summed E-state index contributed by atoms with van der Waals surface area (Å²) in [6.45, 7) is 1.78. The van der Waals surface area contributed by atoms with Crippen LogP contribution in [-0.2, 0) is 13.1 Å². The van der Waals surface area contributed by atoms with Gasteiger partial charge in [0.1, 0.15) is 5.69 Å². The fraction of sp³-hybridized carbons (Fsp3) is 0.294. The van der Waals surface area contributed by atoms with Crippen LogP contribution in [0.2, 0.25) is 0 Å². The second-order valence-electron chi connectivity index (χ2n) is 5.28. The molecule has 0 unspecified atom stereocenters. The van der Waals surface area contributed by atoms with Gasteiger partial charge in [-0.05, 0) is 17.2 Å². The quantitative estimate of drug-likeness (QED) is 0.578. The Labute approximate surface area is 135 Å². The first-order valence-corrected chi connectivity index (χ1v) is 7.46. The van der Waals surface area contributed by atoms with E-state index in [1.54, 1.807) is 19.2 Å². The molecule has 2 aromatic rings. The van der Waals surface area contributed by atoms with Gasteiger partial charge in [0.2, 0.25) is 0 Å². The van der Waals surface area contributed by atoms with Crippen LogP contribution in [0.1, 0.15) is 11.1 Å². The fourth-order valence-electron chi connectivity index (χ4n) is 2.49. The monoisotopic (exact) mass is 315 g/mol. The number of hydrogen-bond donors (Lipinski definition) is 2. The zero-order chi connectivity index (χ0) is 16.7. The van der Waals surface area contributed by atoms with Crippen LogP contribution >= 0.6 is 0 Å². The molecule has 0 aliphatic rings. The van der Waals surface area contributed by atoms with E-state index >= 15 is 0 Å². The van der Waals surface area contributed by atoms with E-state index in [4.69, 9.17) is 0 Å². The van der Waals surface area contributed by atoms with Crippen LogP contribution in [0.4, 0.5) is 11.4 Å². The lowest BCUT2D eigenvalue weighted by Gasteiger charge is -2.21. The van der Waals surface area contributed by atoms with E-state index < -0.39 is 0 Å². The molecule has 122 valence electrons. The minimum atomic E-state index is -0.386. The molecule has 0 spiro atoms. The van der Waals surface area contributed by atoms with Crippen molar-refractivity contribution < 1.29 is 10.0 Å². The summed E-state index contributed by atoms with van der Waals surface area (Å²) in [5.41, 5.74) is 2.55. The first kappa shape index (κ1) is 16.9. The molecule has 0 heterocycles. The van der Waals surface area contributed by atoms with Gasteiger partial charge >= 0.3 is 0 Å². The Bertz CT molecular complexity index is 647. The van der Waals surface area contributed by atoms with Crippen molar-refractivity contribution in [1.82, 2.24) is 4.90 Å². The molecule has 0 radical (unpaired) electrons. The summed E-state index contributed by atoms with van der Waals surface area (Å²) in [6, 6.07) is 15.1. The number of anilines is 1. The maximum Gasteiger partial charge on any atom is 0.292 e. The number of rotatable bonds is 8. The number of aliphatic hydroxyl groups is 1. The fourth-order valence-corrected chi connectivity index (χ4v) is 2.49. The average Bonchev–Trinajstić information content (AvgIpc) is 2.56. The molecule has 23 heavy (non-hydrogen) atoms. The van der Waals surface area contributed by atoms with Crippen LogP contribution in [0.25, 0.3) is 0 Å². The number of nitrogens with zero attached hydrogens (tertiary/aromatic N) is 2. The first-order valence-electron chi connectivity index (χ1n) is 7.46. The van der Waals surface area contributed by atoms with Gasteiger partial charge in [0.15, 0.2) is 0 Å². The summed E-state index contributed by atoms with van der Waals surface area (Å²) in [4.78, 5) is 12.8. The topological polar surface area (TPSA) is 78.6 Å². The standard InChI is InChI=1S/C17H21N3O3/c1-18-16-8-7-15(11-17(16)20(22)23)13-19(9-10-21)12-14-5-3-2-4-6-14/h2-8,11,18,21H,9-10,12-13H2,1H3. The highest BCUT2D eigenvalue weighted by Crippen LogP contribution is 2.25. The van der Waals surface area contributed by atoms with Crippen LogP contribution < -0.4 is 5.32 Å². The summed E-state index contributed by atoms with van der Waals surface area (Å²) < 4.78 is 0. The van der Waals surface area contributed by atoms with E-state index in [0.717, 1.165) is 11.1 Å². The van der Waals surface area contributed by atoms with Crippen LogP contribution in [0.5, 0.6) is 0 Å². The maximum absolute atomic E-state index is 11.1. The third kappa shape index (κ3) is 4.77. The lowest BCUT2D eigenvalue weighted by molar-refractivity contribution is -0.384. The largest absolute Gasteiger partial charge is 0.395 e. The Morgan fingerprint density at radius 2 is 1.83 bits per heavy atom. The number of hydrogen-bond acceptors (Lipinski definition) is 5. The minimum Gasteiger partial charge on any atom is -0.395 e. The third-order valence-electron chi connectivity index (χ3n) is 3.60. The number of nitrogens with one attached hydrogen (secondary N) is 1. The molecule has 0 aliphatic carbocycles. The highest BCUT2D eigenvalue weighted by Gasteiger charge is 2.15. The smallest absolute Gasteiger partial charge is 0.292 e. The summed E-state index contributed by atoms with van der Waals surface area (Å²) in [5.74, 6) is 0. The van der Waals surface area contributed by atoms with Gasteiger partial charge in [-0.2, -0.15) is 0 Å². The molecular weight excluding hydrogens is 294 g/mol. The molecule has 0 saturated carbocycles. The van der Waals surface area contributed by atoms with E-state index in [0.29, 0.717) is 25.3 Å². The van der Waals surface area contributed by atoms with E-state index in [-0.39, 0.29) is 17.2 Å². The zero-order valence-electron chi connectivity index (χ0n) is 13.1. The Morgan fingerprint density at radius 1 is 1.13 bits per heavy atom. The number of nitro benzene ring substituents is 1. The van der Waals surface area contributed by atoms with E-state index in [2.05, 4.69) is 10.2 Å². The van der Waals surface area contributed by atoms with Crippen LogP contribution in [0.15, 0.2) is 48.5 Å². The van der Waals surface area contributed by atoms with Crippen molar-refractivity contribution in [3.8, 4) is 0 Å². The molecular formula is C17H21N3O3. The van der Waals surface area contributed by atoms with E-state index in [1.165, 1.54) is 0 Å². The summed E-state index contributed by atoms with van der Waals surface area (Å²) in [5, 5.41) is 23.2. The molecule has 0 fully saturated rings. The second-order valence-corrected chi connectivity index (χ2v) is 5.28. The summed E-state index contributed by atoms with van der Waals surface area (Å²) >= 11 is 0. The van der Waals surface area contributed by atoms with Gasteiger partial charge in [-0.15, -0.1) is 0 Å². The molecule has 6 nitrogen and oxygen atoms in total. The average molecular weight is 315 g/mol. The molecule has 2 N–H and O–H groups in total. The van der Waals surface area contributed by atoms with Crippen molar-refractivity contribution in [3.63, 3.8) is 0 Å². The van der Waals surface area contributed by atoms with Crippen molar-refractivity contribution in [1.29, 1.82) is 0 Å². The van der Waals surface area contributed by atoms with Crippen molar-refractivity contribution >= 4 is 11.4 Å². The van der Waals surface area contributed by atoms with Crippen molar-refractivity contribution in [2.75, 3.05) is 25.5 Å². The predicted octanol–water partition coefficient (Wildman–Crippen LogP) is 2.63. The highest BCUT2D eigenvalue weighted by atomic mass is 16.6. The van der Waals surface area contributed by atoms with Gasteiger partial charge in [-0.1, -0.05) is 36.4 Å². The molecule has 0 aliphatic heterocycles. The van der Waals surface area contributed by atoms with Gasteiger partial charge in [0.05, 0.1) is 11.5 Å².